The van der Waals surface area contributed by atoms with E-state index in [1.807, 2.05) is 6.07 Å². The van der Waals surface area contributed by atoms with E-state index in [4.69, 9.17) is 0 Å². The summed E-state index contributed by atoms with van der Waals surface area (Å²) in [6, 6.07) is 3.98. The molecule has 1 aliphatic carbocycles. The van der Waals surface area contributed by atoms with E-state index in [9.17, 15) is 14.7 Å². The molecule has 32 heavy (non-hydrogen) atoms. The minimum absolute atomic E-state index is 0.188. The maximum Gasteiger partial charge on any atom is 0.253 e. The molecule has 7 heteroatoms. The molecule has 1 saturated carbocycles. The molecule has 4 rings (SSSR count). The Kier molecular flexibility index (Phi) is 5.65. The summed E-state index contributed by atoms with van der Waals surface area (Å²) >= 11 is 0. The summed E-state index contributed by atoms with van der Waals surface area (Å²) in [6.45, 7) is 9.66. The van der Waals surface area contributed by atoms with Gasteiger partial charge in [0, 0.05) is 23.4 Å². The first kappa shape index (κ1) is 21.5. The summed E-state index contributed by atoms with van der Waals surface area (Å²) in [7, 11) is 0. The standard InChI is InChI=1S/C25H26N4O3/c1-4-9-18(5-2)22(31)21-23(32)20(30)15-28(27-21)16-25(11-6-7-12-25)29-14-17(3)19-10-8-13-26-24(19)29/h4-5,8-10,13-15,30H,1-2,6-7,11-12,16H2,3H3/b18-9+. The Bertz CT molecular complexity index is 1310. The molecule has 0 bridgehead atoms. The highest BCUT2D eigenvalue weighted by Gasteiger charge is 2.38. The highest BCUT2D eigenvalue weighted by atomic mass is 16.3. The molecule has 3 aromatic heterocycles. The van der Waals surface area contributed by atoms with Crippen LogP contribution < -0.4 is 5.43 Å². The Labute approximate surface area is 186 Å². The number of hydrogen-bond donors (Lipinski definition) is 1. The van der Waals surface area contributed by atoms with Crippen LogP contribution >= 0.6 is 0 Å². The Morgan fingerprint density at radius 3 is 2.72 bits per heavy atom. The first-order valence-corrected chi connectivity index (χ1v) is 10.6. The van der Waals surface area contributed by atoms with Gasteiger partial charge in [-0.3, -0.25) is 14.3 Å². The van der Waals surface area contributed by atoms with Crippen molar-refractivity contribution in [3.63, 3.8) is 0 Å². The molecular weight excluding hydrogens is 404 g/mol. The number of aromatic hydroxyl groups is 1. The largest absolute Gasteiger partial charge is 0.503 e. The van der Waals surface area contributed by atoms with E-state index >= 15 is 0 Å². The van der Waals surface area contributed by atoms with Gasteiger partial charge < -0.3 is 9.67 Å². The number of aryl methyl sites for hydroxylation is 1. The number of pyridine rings is 1. The van der Waals surface area contributed by atoms with Gasteiger partial charge in [0.15, 0.2) is 11.4 Å². The lowest BCUT2D eigenvalue weighted by molar-refractivity contribution is 0.102. The van der Waals surface area contributed by atoms with Gasteiger partial charge in [-0.05, 0) is 37.5 Å². The number of rotatable bonds is 7. The van der Waals surface area contributed by atoms with Crippen molar-refractivity contribution in [3.8, 4) is 5.75 Å². The van der Waals surface area contributed by atoms with Crippen LogP contribution in [0.2, 0.25) is 0 Å². The van der Waals surface area contributed by atoms with Gasteiger partial charge in [0.25, 0.3) is 5.43 Å². The third-order valence-corrected chi connectivity index (χ3v) is 6.21. The van der Waals surface area contributed by atoms with Gasteiger partial charge in [0.2, 0.25) is 5.78 Å². The van der Waals surface area contributed by atoms with Crippen molar-refractivity contribution in [1.29, 1.82) is 0 Å². The maximum absolute atomic E-state index is 12.9. The number of hydrogen-bond acceptors (Lipinski definition) is 5. The molecule has 0 unspecified atom stereocenters. The van der Waals surface area contributed by atoms with Crippen LogP contribution in [0, 0.1) is 6.92 Å². The third-order valence-electron chi connectivity index (χ3n) is 6.21. The van der Waals surface area contributed by atoms with E-state index in [1.165, 1.54) is 29.1 Å². The van der Waals surface area contributed by atoms with Crippen LogP contribution in [0.3, 0.4) is 0 Å². The normalized spacial score (nSPS) is 15.7. The Balaban J connectivity index is 1.81. The van der Waals surface area contributed by atoms with E-state index in [1.54, 1.807) is 6.20 Å². The fourth-order valence-corrected chi connectivity index (χ4v) is 4.65. The van der Waals surface area contributed by atoms with E-state index in [-0.39, 0.29) is 16.8 Å². The average molecular weight is 431 g/mol. The van der Waals surface area contributed by atoms with Gasteiger partial charge in [-0.15, -0.1) is 0 Å². The molecule has 0 saturated heterocycles. The quantitative estimate of drug-likeness (QED) is 0.347. The minimum atomic E-state index is -0.799. The Morgan fingerprint density at radius 1 is 1.28 bits per heavy atom. The summed E-state index contributed by atoms with van der Waals surface area (Å²) in [5.74, 6) is -1.11. The molecule has 3 heterocycles. The molecule has 1 fully saturated rings. The van der Waals surface area contributed by atoms with E-state index < -0.39 is 17.0 Å². The van der Waals surface area contributed by atoms with Crippen molar-refractivity contribution in [2.45, 2.75) is 44.7 Å². The van der Waals surface area contributed by atoms with Gasteiger partial charge >= 0.3 is 0 Å². The maximum atomic E-state index is 12.9. The average Bonchev–Trinajstić information content (AvgIpc) is 3.39. The predicted octanol–water partition coefficient (Wildman–Crippen LogP) is 4.06. The second kappa shape index (κ2) is 8.42. The number of allylic oxidation sites excluding steroid dienone is 4. The minimum Gasteiger partial charge on any atom is -0.503 e. The number of carbonyl (C=O) groups is 1. The molecule has 3 aromatic rings. The third kappa shape index (κ3) is 3.60. The lowest BCUT2D eigenvalue weighted by Crippen LogP contribution is -2.37. The van der Waals surface area contributed by atoms with Crippen LogP contribution in [0.25, 0.3) is 11.0 Å². The fourth-order valence-electron chi connectivity index (χ4n) is 4.65. The van der Waals surface area contributed by atoms with Gasteiger partial charge in [-0.1, -0.05) is 44.2 Å². The van der Waals surface area contributed by atoms with Crippen LogP contribution in [0.5, 0.6) is 5.75 Å². The highest BCUT2D eigenvalue weighted by Crippen LogP contribution is 2.40. The molecule has 0 amide bonds. The van der Waals surface area contributed by atoms with Crippen LogP contribution in [0.4, 0.5) is 0 Å². The lowest BCUT2D eigenvalue weighted by atomic mass is 9.97. The molecule has 0 atom stereocenters. The molecular formula is C25H26N4O3. The highest BCUT2D eigenvalue weighted by molar-refractivity contribution is 6.09. The van der Waals surface area contributed by atoms with Gasteiger partial charge in [0.05, 0.1) is 18.3 Å². The van der Waals surface area contributed by atoms with Crippen molar-refractivity contribution >= 4 is 16.8 Å². The van der Waals surface area contributed by atoms with Crippen LogP contribution in [-0.4, -0.2) is 30.2 Å². The molecule has 0 radical (unpaired) electrons. The zero-order valence-electron chi connectivity index (χ0n) is 18.1. The first-order valence-electron chi connectivity index (χ1n) is 10.6. The second-order valence-electron chi connectivity index (χ2n) is 8.27. The first-order chi connectivity index (χ1) is 15.4. The van der Waals surface area contributed by atoms with Gasteiger partial charge in [-0.2, -0.15) is 5.10 Å². The fraction of sp³-hybridized carbons (Fsp3) is 0.280. The van der Waals surface area contributed by atoms with E-state index in [0.717, 1.165) is 42.3 Å². The summed E-state index contributed by atoms with van der Waals surface area (Å²) in [4.78, 5) is 30.0. The van der Waals surface area contributed by atoms with Crippen molar-refractivity contribution in [2.75, 3.05) is 0 Å². The van der Waals surface area contributed by atoms with Crippen molar-refractivity contribution < 1.29 is 9.90 Å². The molecule has 0 aromatic carbocycles. The molecule has 0 spiro atoms. The lowest BCUT2D eigenvalue weighted by Gasteiger charge is -2.32. The zero-order chi connectivity index (χ0) is 22.9. The van der Waals surface area contributed by atoms with E-state index in [2.05, 4.69) is 47.0 Å². The molecule has 1 N–H and O–H groups in total. The van der Waals surface area contributed by atoms with Crippen LogP contribution in [-0.2, 0) is 12.1 Å². The van der Waals surface area contributed by atoms with E-state index in [0.29, 0.717) is 6.54 Å². The number of nitrogens with zero attached hydrogens (tertiary/aromatic N) is 4. The number of carbonyl (C=O) groups excluding carboxylic acids is 1. The smallest absolute Gasteiger partial charge is 0.253 e. The summed E-state index contributed by atoms with van der Waals surface area (Å²) in [5.41, 5.74) is 0.764. The van der Waals surface area contributed by atoms with Crippen LogP contribution in [0.15, 0.2) is 72.5 Å². The SMILES string of the molecule is C=C/C=C(\C=C)C(=O)c1nn(CC2(n3cc(C)c4cccnc43)CCCC2)cc(O)c1=O. The summed E-state index contributed by atoms with van der Waals surface area (Å²) < 4.78 is 3.71. The zero-order valence-corrected chi connectivity index (χ0v) is 18.1. The number of Topliss-reactive ketones (excluding diaryl/α,β-unsaturated/α-hetero) is 1. The number of aromatic nitrogens is 4. The van der Waals surface area contributed by atoms with Gasteiger partial charge in [0.1, 0.15) is 5.65 Å². The molecule has 0 aliphatic heterocycles. The number of fused-ring (bicyclic) bond motifs is 1. The van der Waals surface area contributed by atoms with Crippen molar-refractivity contribution in [1.82, 2.24) is 19.3 Å². The van der Waals surface area contributed by atoms with Gasteiger partial charge in [-0.25, -0.2) is 4.98 Å². The second-order valence-corrected chi connectivity index (χ2v) is 8.27. The monoisotopic (exact) mass is 430 g/mol. The topological polar surface area (TPSA) is 90.0 Å². The summed E-state index contributed by atoms with van der Waals surface area (Å²) in [6.07, 6.45) is 13.3. The number of ketones is 1. The molecule has 7 nitrogen and oxygen atoms in total. The van der Waals surface area contributed by atoms with Crippen molar-refractivity contribution in [2.24, 2.45) is 0 Å². The van der Waals surface area contributed by atoms with Crippen molar-refractivity contribution in [3.05, 3.63) is 89.2 Å². The predicted molar refractivity (Wildman–Crippen MR) is 124 cm³/mol. The van der Waals surface area contributed by atoms with Crippen LogP contribution in [0.1, 0.15) is 41.7 Å². The summed E-state index contributed by atoms with van der Waals surface area (Å²) in [5, 5.41) is 15.7. The Morgan fingerprint density at radius 2 is 2.03 bits per heavy atom. The molecule has 1 aliphatic rings. The molecule has 164 valence electrons. The Hall–Kier alpha value is -3.74.